The van der Waals surface area contributed by atoms with E-state index in [0.717, 1.165) is 9.75 Å². The molecule has 1 aromatic rings. The van der Waals surface area contributed by atoms with Gasteiger partial charge in [-0.25, -0.2) is 13.1 Å². The number of sulfonamides is 1. The summed E-state index contributed by atoms with van der Waals surface area (Å²) < 4.78 is 26.7. The molecule has 0 amide bonds. The van der Waals surface area contributed by atoms with Crippen LogP contribution in [-0.4, -0.2) is 15.0 Å². The van der Waals surface area contributed by atoms with Gasteiger partial charge in [0.25, 0.3) is 0 Å². The third-order valence-corrected chi connectivity index (χ3v) is 6.12. The highest BCUT2D eigenvalue weighted by Gasteiger charge is 2.22. The Hall–Kier alpha value is 0.0900. The molecule has 0 aliphatic rings. The van der Waals surface area contributed by atoms with Crippen LogP contribution >= 0.6 is 27.3 Å². The maximum absolute atomic E-state index is 11.8. The van der Waals surface area contributed by atoms with Crippen molar-refractivity contribution in [2.75, 3.05) is 6.54 Å². The van der Waals surface area contributed by atoms with E-state index in [1.54, 1.807) is 6.92 Å². The molecule has 0 fully saturated rings. The van der Waals surface area contributed by atoms with E-state index in [1.165, 1.54) is 11.3 Å². The fraction of sp³-hybridized carbons (Fsp3) is 0.500. The highest BCUT2D eigenvalue weighted by molar-refractivity contribution is 9.10. The molecule has 0 spiro atoms. The van der Waals surface area contributed by atoms with E-state index >= 15 is 0 Å². The average Bonchev–Trinajstić information content (AvgIpc) is 2.26. The van der Waals surface area contributed by atoms with Crippen molar-refractivity contribution in [1.29, 1.82) is 0 Å². The summed E-state index contributed by atoms with van der Waals surface area (Å²) in [5, 5.41) is 0. The molecule has 1 N–H and O–H groups in total. The van der Waals surface area contributed by atoms with Crippen molar-refractivity contribution < 1.29 is 8.42 Å². The molecule has 0 saturated heterocycles. The van der Waals surface area contributed by atoms with Gasteiger partial charge in [-0.15, -0.1) is 11.3 Å². The molecule has 1 rings (SSSR count). The smallest absolute Gasteiger partial charge is 0.211 e. The van der Waals surface area contributed by atoms with Gasteiger partial charge in [-0.05, 0) is 29.8 Å². The van der Waals surface area contributed by atoms with Crippen LogP contribution in [0.1, 0.15) is 16.7 Å². The standard InChI is InChI=1S/C8H12BrNO2S2/c1-4-10-14(11,12)8-6(3)13-5(2)7(8)9/h10H,4H2,1-3H3. The van der Waals surface area contributed by atoms with E-state index in [-0.39, 0.29) is 0 Å². The summed E-state index contributed by atoms with van der Waals surface area (Å²) in [5.74, 6) is 0. The number of thiophene rings is 1. The van der Waals surface area contributed by atoms with Crippen LogP contribution in [-0.2, 0) is 10.0 Å². The predicted octanol–water partition coefficient (Wildman–Crippen LogP) is 2.43. The van der Waals surface area contributed by atoms with Gasteiger partial charge in [-0.2, -0.15) is 0 Å². The molecule has 0 aliphatic carbocycles. The van der Waals surface area contributed by atoms with Gasteiger partial charge in [0, 0.05) is 16.3 Å². The number of hydrogen-bond donors (Lipinski definition) is 1. The van der Waals surface area contributed by atoms with Crippen molar-refractivity contribution in [2.45, 2.75) is 25.7 Å². The van der Waals surface area contributed by atoms with E-state index < -0.39 is 10.0 Å². The van der Waals surface area contributed by atoms with Crippen LogP contribution in [0.15, 0.2) is 9.37 Å². The summed E-state index contributed by atoms with van der Waals surface area (Å²) >= 11 is 4.78. The minimum Gasteiger partial charge on any atom is -0.211 e. The zero-order valence-corrected chi connectivity index (χ0v) is 11.4. The first-order chi connectivity index (χ1) is 6.40. The molecule has 1 heterocycles. The van der Waals surface area contributed by atoms with Gasteiger partial charge in [0.15, 0.2) is 0 Å². The fourth-order valence-corrected chi connectivity index (χ4v) is 5.17. The average molecular weight is 298 g/mol. The van der Waals surface area contributed by atoms with E-state index in [1.807, 2.05) is 13.8 Å². The van der Waals surface area contributed by atoms with Gasteiger partial charge in [-0.1, -0.05) is 6.92 Å². The highest BCUT2D eigenvalue weighted by Crippen LogP contribution is 2.35. The third kappa shape index (κ3) is 2.18. The van der Waals surface area contributed by atoms with E-state index in [0.29, 0.717) is 15.9 Å². The molecule has 1 aromatic heterocycles. The van der Waals surface area contributed by atoms with Crippen LogP contribution in [0.25, 0.3) is 0 Å². The van der Waals surface area contributed by atoms with Crippen LogP contribution < -0.4 is 4.72 Å². The lowest BCUT2D eigenvalue weighted by Crippen LogP contribution is -2.23. The molecular formula is C8H12BrNO2S2. The SMILES string of the molecule is CCNS(=O)(=O)c1c(C)sc(C)c1Br. The molecule has 0 radical (unpaired) electrons. The molecule has 6 heteroatoms. The minimum atomic E-state index is -3.34. The molecular weight excluding hydrogens is 286 g/mol. The Morgan fingerprint density at radius 1 is 1.36 bits per heavy atom. The lowest BCUT2D eigenvalue weighted by molar-refractivity contribution is 0.583. The van der Waals surface area contributed by atoms with Crippen LogP contribution in [0.5, 0.6) is 0 Å². The molecule has 14 heavy (non-hydrogen) atoms. The molecule has 0 aromatic carbocycles. The van der Waals surface area contributed by atoms with Gasteiger partial charge in [-0.3, -0.25) is 0 Å². The van der Waals surface area contributed by atoms with Crippen LogP contribution in [0, 0.1) is 13.8 Å². The topological polar surface area (TPSA) is 46.2 Å². The van der Waals surface area contributed by atoms with Crippen molar-refractivity contribution in [2.24, 2.45) is 0 Å². The van der Waals surface area contributed by atoms with Crippen molar-refractivity contribution >= 4 is 37.3 Å². The second-order valence-electron chi connectivity index (χ2n) is 2.86. The van der Waals surface area contributed by atoms with Crippen LogP contribution in [0.4, 0.5) is 0 Å². The summed E-state index contributed by atoms with van der Waals surface area (Å²) in [4.78, 5) is 2.18. The summed E-state index contributed by atoms with van der Waals surface area (Å²) in [7, 11) is -3.34. The van der Waals surface area contributed by atoms with Gasteiger partial charge in [0.2, 0.25) is 10.0 Å². The lowest BCUT2D eigenvalue weighted by Gasteiger charge is -2.04. The summed E-state index contributed by atoms with van der Waals surface area (Å²) in [6.07, 6.45) is 0. The zero-order valence-electron chi connectivity index (χ0n) is 8.22. The largest absolute Gasteiger partial charge is 0.242 e. The normalized spacial score (nSPS) is 12.0. The Morgan fingerprint density at radius 2 is 1.93 bits per heavy atom. The third-order valence-electron chi connectivity index (χ3n) is 1.74. The van der Waals surface area contributed by atoms with Crippen molar-refractivity contribution in [1.82, 2.24) is 4.72 Å². The first-order valence-corrected chi connectivity index (χ1v) is 7.24. The zero-order chi connectivity index (χ0) is 10.9. The fourth-order valence-electron chi connectivity index (χ4n) is 1.20. The molecule has 0 bridgehead atoms. The van der Waals surface area contributed by atoms with Gasteiger partial charge < -0.3 is 0 Å². The lowest BCUT2D eigenvalue weighted by atomic mass is 10.4. The Kier molecular flexibility index (Phi) is 3.74. The van der Waals surface area contributed by atoms with Crippen molar-refractivity contribution in [3.63, 3.8) is 0 Å². The van der Waals surface area contributed by atoms with Crippen molar-refractivity contribution in [3.05, 3.63) is 14.2 Å². The Labute approximate surface area is 96.7 Å². The number of nitrogens with one attached hydrogen (secondary N) is 1. The first kappa shape index (κ1) is 12.2. The molecule has 0 aliphatic heterocycles. The predicted molar refractivity (Wildman–Crippen MR) is 62.4 cm³/mol. The Balaban J connectivity index is 3.32. The number of rotatable bonds is 3. The molecule has 0 saturated carbocycles. The Bertz CT molecular complexity index is 436. The quantitative estimate of drug-likeness (QED) is 0.931. The second-order valence-corrected chi connectivity index (χ2v) is 6.78. The number of aryl methyl sites for hydroxylation is 2. The highest BCUT2D eigenvalue weighted by atomic mass is 79.9. The molecule has 3 nitrogen and oxygen atoms in total. The van der Waals surface area contributed by atoms with Crippen LogP contribution in [0.3, 0.4) is 0 Å². The first-order valence-electron chi connectivity index (χ1n) is 4.15. The monoisotopic (exact) mass is 297 g/mol. The molecule has 0 atom stereocenters. The minimum absolute atomic E-state index is 0.377. The van der Waals surface area contributed by atoms with E-state index in [9.17, 15) is 8.42 Å². The summed E-state index contributed by atoms with van der Waals surface area (Å²) in [5.41, 5.74) is 0. The number of halogens is 1. The summed E-state index contributed by atoms with van der Waals surface area (Å²) in [6, 6.07) is 0. The molecule has 0 unspecified atom stereocenters. The number of hydrogen-bond acceptors (Lipinski definition) is 3. The van der Waals surface area contributed by atoms with E-state index in [4.69, 9.17) is 0 Å². The second kappa shape index (κ2) is 4.30. The maximum atomic E-state index is 11.8. The van der Waals surface area contributed by atoms with Crippen molar-refractivity contribution in [3.8, 4) is 0 Å². The summed E-state index contributed by atoms with van der Waals surface area (Å²) in [6.45, 7) is 5.88. The van der Waals surface area contributed by atoms with Crippen LogP contribution in [0.2, 0.25) is 0 Å². The molecule has 80 valence electrons. The Morgan fingerprint density at radius 3 is 2.29 bits per heavy atom. The van der Waals surface area contributed by atoms with E-state index in [2.05, 4.69) is 20.7 Å². The van der Waals surface area contributed by atoms with Gasteiger partial charge in [0.1, 0.15) is 4.90 Å². The van der Waals surface area contributed by atoms with Gasteiger partial charge in [0.05, 0.1) is 4.47 Å². The maximum Gasteiger partial charge on any atom is 0.242 e. The van der Waals surface area contributed by atoms with Gasteiger partial charge >= 0.3 is 0 Å².